The van der Waals surface area contributed by atoms with Crippen molar-refractivity contribution < 1.29 is 9.18 Å². The predicted octanol–water partition coefficient (Wildman–Crippen LogP) is 3.73. The predicted molar refractivity (Wildman–Crippen MR) is 104 cm³/mol. The zero-order valence-electron chi connectivity index (χ0n) is 15.0. The number of H-pyrrole nitrogens is 1. The fourth-order valence-corrected chi connectivity index (χ4v) is 4.25. The van der Waals surface area contributed by atoms with Gasteiger partial charge in [-0.2, -0.15) is 0 Å². The minimum atomic E-state index is -0.459. The van der Waals surface area contributed by atoms with Crippen LogP contribution in [0, 0.1) is 11.7 Å². The number of nitrogens with one attached hydrogen (secondary N) is 2. The summed E-state index contributed by atoms with van der Waals surface area (Å²) in [7, 11) is 0. The summed E-state index contributed by atoms with van der Waals surface area (Å²) < 4.78 is 15.0. The van der Waals surface area contributed by atoms with Crippen molar-refractivity contribution in [3.8, 4) is 5.69 Å². The maximum absolute atomic E-state index is 13.5. The molecule has 28 heavy (non-hydrogen) atoms. The van der Waals surface area contributed by atoms with Crippen molar-refractivity contribution in [2.24, 2.45) is 5.92 Å². The molecule has 2 atom stereocenters. The Bertz CT molecular complexity index is 1140. The first-order chi connectivity index (χ1) is 13.6. The molecule has 0 fully saturated rings. The number of rotatable bonds is 2. The number of carbonyl (C=O) groups is 1. The van der Waals surface area contributed by atoms with E-state index in [1.165, 1.54) is 16.8 Å². The maximum Gasteiger partial charge on any atom is 0.277 e. The number of benzene rings is 2. The molecule has 0 bridgehead atoms. The molecule has 0 saturated heterocycles. The average Bonchev–Trinajstić information content (AvgIpc) is 3.04. The number of anilines is 1. The molecule has 2 heterocycles. The number of aromatic nitrogens is 2. The summed E-state index contributed by atoms with van der Waals surface area (Å²) in [5, 5.41) is 6.41. The van der Waals surface area contributed by atoms with Crippen LogP contribution in [-0.2, 0) is 4.79 Å². The van der Waals surface area contributed by atoms with Crippen molar-refractivity contribution in [2.75, 3.05) is 5.32 Å². The second-order valence-electron chi connectivity index (χ2n) is 7.17. The smallest absolute Gasteiger partial charge is 0.277 e. The number of halogens is 1. The standard InChI is InChI=1S/C22H18FN3O2/c23-14-11-9-13(10-12-14)18-19-16(7-4-8-17(19)27)24-21-20(18)22(28)26(25-21)15-5-2-1-3-6-15/h1-3,5-7,9-12,18-19,24-25H,4,8H2/t18-,19-/m0/s1. The van der Waals surface area contributed by atoms with Crippen molar-refractivity contribution in [3.05, 3.63) is 93.7 Å². The largest absolute Gasteiger partial charge is 0.343 e. The summed E-state index contributed by atoms with van der Waals surface area (Å²) in [5.74, 6) is -0.583. The second kappa shape index (κ2) is 6.34. The van der Waals surface area contributed by atoms with Crippen LogP contribution in [0.5, 0.6) is 0 Å². The van der Waals surface area contributed by atoms with E-state index in [-0.39, 0.29) is 17.2 Å². The molecule has 1 aliphatic carbocycles. The fourth-order valence-electron chi connectivity index (χ4n) is 4.25. The first kappa shape index (κ1) is 16.7. The number of aromatic amines is 1. The third kappa shape index (κ3) is 2.52. The van der Waals surface area contributed by atoms with Gasteiger partial charge in [0.05, 0.1) is 17.2 Å². The van der Waals surface area contributed by atoms with Crippen LogP contribution in [0.25, 0.3) is 5.69 Å². The van der Waals surface area contributed by atoms with Gasteiger partial charge in [-0.25, -0.2) is 9.07 Å². The van der Waals surface area contributed by atoms with Crippen LogP contribution in [0.4, 0.5) is 10.2 Å². The van der Waals surface area contributed by atoms with E-state index in [2.05, 4.69) is 10.4 Å². The summed E-state index contributed by atoms with van der Waals surface area (Å²) in [6, 6.07) is 15.3. The third-order valence-electron chi connectivity index (χ3n) is 5.52. The lowest BCUT2D eigenvalue weighted by Crippen LogP contribution is -2.36. The highest BCUT2D eigenvalue weighted by Gasteiger charge is 2.42. The van der Waals surface area contributed by atoms with Gasteiger partial charge >= 0.3 is 0 Å². The van der Waals surface area contributed by atoms with E-state index in [0.717, 1.165) is 11.3 Å². The van der Waals surface area contributed by atoms with Gasteiger partial charge in [0, 0.05) is 18.0 Å². The number of ketones is 1. The average molecular weight is 375 g/mol. The van der Waals surface area contributed by atoms with E-state index in [1.54, 1.807) is 12.1 Å². The molecule has 1 aromatic heterocycles. The lowest BCUT2D eigenvalue weighted by molar-refractivity contribution is -0.122. The normalized spacial score (nSPS) is 20.8. The molecule has 140 valence electrons. The number of hydrogen-bond acceptors (Lipinski definition) is 3. The van der Waals surface area contributed by atoms with Crippen LogP contribution in [-0.4, -0.2) is 15.6 Å². The van der Waals surface area contributed by atoms with E-state index in [1.807, 2.05) is 36.4 Å². The highest BCUT2D eigenvalue weighted by atomic mass is 19.1. The minimum Gasteiger partial charge on any atom is -0.343 e. The van der Waals surface area contributed by atoms with Gasteiger partial charge in [-0.1, -0.05) is 36.4 Å². The van der Waals surface area contributed by atoms with Crippen molar-refractivity contribution >= 4 is 11.6 Å². The van der Waals surface area contributed by atoms with Crippen LogP contribution in [0.2, 0.25) is 0 Å². The number of hydrogen-bond donors (Lipinski definition) is 2. The molecular weight excluding hydrogens is 357 g/mol. The number of nitrogens with zero attached hydrogens (tertiary/aromatic N) is 1. The molecule has 0 spiro atoms. The van der Waals surface area contributed by atoms with E-state index in [0.29, 0.717) is 29.9 Å². The van der Waals surface area contributed by atoms with E-state index < -0.39 is 11.8 Å². The van der Waals surface area contributed by atoms with Crippen molar-refractivity contribution in [3.63, 3.8) is 0 Å². The van der Waals surface area contributed by atoms with Crippen molar-refractivity contribution in [1.82, 2.24) is 9.78 Å². The highest BCUT2D eigenvalue weighted by molar-refractivity contribution is 5.89. The maximum atomic E-state index is 13.5. The Kier molecular flexibility index (Phi) is 3.79. The lowest BCUT2D eigenvalue weighted by atomic mass is 9.72. The number of fused-ring (bicyclic) bond motifs is 2. The molecule has 2 N–H and O–H groups in total. The van der Waals surface area contributed by atoms with Crippen LogP contribution < -0.4 is 10.9 Å². The van der Waals surface area contributed by atoms with Gasteiger partial charge in [0.1, 0.15) is 17.4 Å². The fraction of sp³-hybridized carbons (Fsp3) is 0.182. The summed E-state index contributed by atoms with van der Waals surface area (Å²) in [5.41, 5.74) is 2.57. The first-order valence-electron chi connectivity index (χ1n) is 9.29. The second-order valence-corrected chi connectivity index (χ2v) is 7.17. The molecule has 3 aromatic rings. The number of Topliss-reactive ketones (excluding diaryl/α,β-unsaturated/α-hetero) is 1. The van der Waals surface area contributed by atoms with Crippen LogP contribution in [0.15, 0.2) is 71.2 Å². The third-order valence-corrected chi connectivity index (χ3v) is 5.52. The van der Waals surface area contributed by atoms with Crippen LogP contribution in [0.1, 0.15) is 29.9 Å². The molecule has 2 aromatic carbocycles. The topological polar surface area (TPSA) is 66.9 Å². The Morgan fingerprint density at radius 1 is 0.964 bits per heavy atom. The molecule has 6 heteroatoms. The van der Waals surface area contributed by atoms with Gasteiger partial charge in [0.25, 0.3) is 5.56 Å². The monoisotopic (exact) mass is 375 g/mol. The summed E-state index contributed by atoms with van der Waals surface area (Å²) >= 11 is 0. The molecular formula is C22H18FN3O2. The summed E-state index contributed by atoms with van der Waals surface area (Å²) in [6.45, 7) is 0. The van der Waals surface area contributed by atoms with Crippen molar-refractivity contribution in [1.29, 1.82) is 0 Å². The van der Waals surface area contributed by atoms with E-state index in [4.69, 9.17) is 0 Å². The lowest BCUT2D eigenvalue weighted by Gasteiger charge is -2.35. The minimum absolute atomic E-state index is 0.0943. The quantitative estimate of drug-likeness (QED) is 0.717. The molecule has 0 saturated carbocycles. The molecule has 5 rings (SSSR count). The number of allylic oxidation sites excluding steroid dienone is 2. The molecule has 0 unspecified atom stereocenters. The van der Waals surface area contributed by atoms with E-state index in [9.17, 15) is 14.0 Å². The van der Waals surface area contributed by atoms with Gasteiger partial charge < -0.3 is 5.32 Å². The Morgan fingerprint density at radius 3 is 2.46 bits per heavy atom. The Balaban J connectivity index is 1.75. The highest BCUT2D eigenvalue weighted by Crippen LogP contribution is 2.44. The molecule has 2 aliphatic rings. The Morgan fingerprint density at radius 2 is 1.71 bits per heavy atom. The van der Waals surface area contributed by atoms with Gasteiger partial charge in [0.15, 0.2) is 0 Å². The van der Waals surface area contributed by atoms with Gasteiger partial charge in [-0.15, -0.1) is 0 Å². The Labute approximate surface area is 160 Å². The zero-order valence-corrected chi connectivity index (χ0v) is 15.0. The number of carbonyl (C=O) groups excluding carboxylic acids is 1. The molecule has 0 amide bonds. The van der Waals surface area contributed by atoms with Gasteiger partial charge in [-0.05, 0) is 36.2 Å². The van der Waals surface area contributed by atoms with Crippen LogP contribution in [0.3, 0.4) is 0 Å². The van der Waals surface area contributed by atoms with Gasteiger partial charge in [0.2, 0.25) is 0 Å². The Hall–Kier alpha value is -3.41. The van der Waals surface area contributed by atoms with Crippen molar-refractivity contribution in [2.45, 2.75) is 18.8 Å². The van der Waals surface area contributed by atoms with E-state index >= 15 is 0 Å². The zero-order chi connectivity index (χ0) is 19.3. The molecule has 1 aliphatic heterocycles. The SMILES string of the molecule is O=C1CCC=C2Nc3[nH]n(-c4ccccc4)c(=O)c3[C@@H](c3ccc(F)cc3)[C@H]12. The van der Waals surface area contributed by atoms with Crippen LogP contribution >= 0.6 is 0 Å². The molecule has 0 radical (unpaired) electrons. The van der Waals surface area contributed by atoms with Gasteiger partial charge in [-0.3, -0.25) is 14.7 Å². The first-order valence-corrected chi connectivity index (χ1v) is 9.29. The number of para-hydroxylation sites is 1. The molecule has 5 nitrogen and oxygen atoms in total. The summed E-state index contributed by atoms with van der Waals surface area (Å²) in [6.07, 6.45) is 3.14. The summed E-state index contributed by atoms with van der Waals surface area (Å²) in [4.78, 5) is 26.1.